The summed E-state index contributed by atoms with van der Waals surface area (Å²) in [6.07, 6.45) is 1.57. The van der Waals surface area contributed by atoms with E-state index in [1.165, 1.54) is 6.04 Å². The Morgan fingerprint density at radius 3 is 1.91 bits per heavy atom. The van der Waals surface area contributed by atoms with Crippen molar-refractivity contribution in [3.8, 4) is 0 Å². The van der Waals surface area contributed by atoms with Crippen molar-refractivity contribution < 1.29 is 39.2 Å². The van der Waals surface area contributed by atoms with Crippen molar-refractivity contribution in [2.24, 2.45) is 0 Å². The molecule has 0 aromatic rings. The SMILES string of the molecule is CO[Si](CC[SiH](C)O[SiH3])(OC)OC.C[SiH2]O[SiH2][Si](C)(C)O[SiH3].C[SiH](CCCOCC1CO1)O[SiH3]. The minimum Gasteiger partial charge on any atom is -0.466 e. The van der Waals surface area contributed by atoms with Crippen LogP contribution >= 0.6 is 0 Å². The summed E-state index contributed by atoms with van der Waals surface area (Å²) in [7, 11) is 1.92. The molecule has 1 rings (SSSR count). The fourth-order valence-electron chi connectivity index (χ4n) is 2.43. The molecular formula is C16H54O9Si9. The van der Waals surface area contributed by atoms with Crippen LogP contribution in [0, 0.1) is 0 Å². The lowest BCUT2D eigenvalue weighted by Crippen LogP contribution is -2.43. The molecule has 1 fully saturated rings. The van der Waals surface area contributed by atoms with Gasteiger partial charge in [0.15, 0.2) is 35.2 Å². The molecule has 0 amide bonds. The first-order chi connectivity index (χ1) is 16.1. The second kappa shape index (κ2) is 23.7. The van der Waals surface area contributed by atoms with Crippen LogP contribution in [0.25, 0.3) is 0 Å². The van der Waals surface area contributed by atoms with Gasteiger partial charge < -0.3 is 39.2 Å². The average molecular weight is 643 g/mol. The zero-order valence-electron chi connectivity index (χ0n) is 23.8. The van der Waals surface area contributed by atoms with Crippen LogP contribution in [0.3, 0.4) is 0 Å². The van der Waals surface area contributed by atoms with E-state index in [-0.39, 0.29) is 19.0 Å². The number of epoxide rings is 1. The molecule has 9 nitrogen and oxygen atoms in total. The number of ether oxygens (including phenoxy) is 2. The maximum absolute atomic E-state index is 5.53. The molecule has 0 saturated carbocycles. The summed E-state index contributed by atoms with van der Waals surface area (Å²) >= 11 is 0. The zero-order chi connectivity index (χ0) is 26.5. The zero-order valence-corrected chi connectivity index (χ0v) is 36.9. The smallest absolute Gasteiger partial charge is 0.466 e. The van der Waals surface area contributed by atoms with E-state index < -0.39 is 34.7 Å². The molecule has 0 bridgehead atoms. The van der Waals surface area contributed by atoms with Crippen LogP contribution in [0.2, 0.25) is 50.9 Å². The van der Waals surface area contributed by atoms with Crippen LogP contribution in [0.5, 0.6) is 0 Å². The molecule has 1 saturated heterocycles. The fraction of sp³-hybridized carbons (Fsp3) is 1.00. The lowest BCUT2D eigenvalue weighted by Gasteiger charge is -2.25. The van der Waals surface area contributed by atoms with Gasteiger partial charge in [0.1, 0.15) is 47.3 Å². The molecule has 0 spiro atoms. The van der Waals surface area contributed by atoms with E-state index >= 15 is 0 Å². The Morgan fingerprint density at radius 1 is 0.971 bits per heavy atom. The van der Waals surface area contributed by atoms with Crippen LogP contribution < -0.4 is 0 Å². The fourth-order valence-corrected chi connectivity index (χ4v) is 19.8. The van der Waals surface area contributed by atoms with Gasteiger partial charge in [0, 0.05) is 34.0 Å². The van der Waals surface area contributed by atoms with Crippen molar-refractivity contribution in [2.45, 2.75) is 63.4 Å². The van der Waals surface area contributed by atoms with Gasteiger partial charge in [-0.1, -0.05) is 6.55 Å². The first kappa shape index (κ1) is 37.7. The van der Waals surface area contributed by atoms with E-state index in [2.05, 4.69) is 32.7 Å². The molecule has 3 atom stereocenters. The summed E-state index contributed by atoms with van der Waals surface area (Å²) in [5.41, 5.74) is 0. The second-order valence-electron chi connectivity index (χ2n) is 8.70. The summed E-state index contributed by atoms with van der Waals surface area (Å²) in [6.45, 7) is 13.7. The second-order valence-corrected chi connectivity index (χ2v) is 33.6. The van der Waals surface area contributed by atoms with E-state index in [4.69, 9.17) is 39.2 Å². The Labute approximate surface area is 228 Å². The molecule has 18 heteroatoms. The van der Waals surface area contributed by atoms with Gasteiger partial charge in [-0.2, -0.15) is 0 Å². The van der Waals surface area contributed by atoms with Crippen LogP contribution in [0.15, 0.2) is 0 Å². The lowest BCUT2D eigenvalue weighted by atomic mass is 10.5. The third-order valence-electron chi connectivity index (χ3n) is 5.41. The highest BCUT2D eigenvalue weighted by Crippen LogP contribution is 2.16. The Balaban J connectivity index is 0. The van der Waals surface area contributed by atoms with Crippen molar-refractivity contribution >= 4 is 85.2 Å². The molecule has 0 aliphatic carbocycles. The van der Waals surface area contributed by atoms with Gasteiger partial charge in [-0.3, -0.25) is 0 Å². The highest BCUT2D eigenvalue weighted by Gasteiger charge is 2.37. The quantitative estimate of drug-likeness (QED) is 0.0893. The molecule has 1 aliphatic rings. The highest BCUT2D eigenvalue weighted by molar-refractivity contribution is 7.19. The molecular weight excluding hydrogens is 589 g/mol. The predicted octanol–water partition coefficient (Wildman–Crippen LogP) is -2.82. The van der Waals surface area contributed by atoms with Gasteiger partial charge >= 0.3 is 8.80 Å². The van der Waals surface area contributed by atoms with Crippen LogP contribution in [0.4, 0.5) is 0 Å². The molecule has 34 heavy (non-hydrogen) atoms. The summed E-state index contributed by atoms with van der Waals surface area (Å²) in [6, 6.07) is 3.17. The molecule has 0 aromatic heterocycles. The molecule has 0 radical (unpaired) electrons. The number of rotatable bonds is 18. The molecule has 0 N–H and O–H groups in total. The van der Waals surface area contributed by atoms with E-state index in [1.807, 2.05) is 0 Å². The van der Waals surface area contributed by atoms with E-state index in [0.29, 0.717) is 6.10 Å². The van der Waals surface area contributed by atoms with Gasteiger partial charge in [0.25, 0.3) is 0 Å². The minimum atomic E-state index is -2.33. The average Bonchev–Trinajstić information content (AvgIpc) is 3.68. The first-order valence-electron chi connectivity index (χ1n) is 12.1. The van der Waals surface area contributed by atoms with Gasteiger partial charge in [0.2, 0.25) is 0 Å². The van der Waals surface area contributed by atoms with Crippen LogP contribution in [0.1, 0.15) is 6.42 Å². The number of hydrogen-bond acceptors (Lipinski definition) is 9. The maximum atomic E-state index is 5.53. The van der Waals surface area contributed by atoms with Gasteiger partial charge in [-0.25, -0.2) is 0 Å². The minimum absolute atomic E-state index is 0.143. The van der Waals surface area contributed by atoms with Crippen LogP contribution in [-0.2, 0) is 39.2 Å². The normalized spacial score (nSPS) is 18.2. The summed E-state index contributed by atoms with van der Waals surface area (Å²) in [5, 5.41) is 0. The van der Waals surface area contributed by atoms with Crippen molar-refractivity contribution in [3.05, 3.63) is 0 Å². The highest BCUT2D eigenvalue weighted by atomic mass is 29.2. The Bertz CT molecular complexity index is 442. The summed E-state index contributed by atoms with van der Waals surface area (Å²) in [5.74, 6) is 0. The van der Waals surface area contributed by atoms with E-state index in [1.54, 1.807) is 21.3 Å². The van der Waals surface area contributed by atoms with Gasteiger partial charge in [-0.05, 0) is 44.7 Å². The lowest BCUT2D eigenvalue weighted by molar-refractivity contribution is 0.117. The van der Waals surface area contributed by atoms with Crippen molar-refractivity contribution in [3.63, 3.8) is 0 Å². The van der Waals surface area contributed by atoms with Gasteiger partial charge in [-0.15, -0.1) is 0 Å². The van der Waals surface area contributed by atoms with Crippen molar-refractivity contribution in [2.75, 3.05) is 41.2 Å². The molecule has 1 heterocycles. The van der Waals surface area contributed by atoms with Gasteiger partial charge in [0.05, 0.1) is 13.2 Å². The molecule has 0 aromatic carbocycles. The molecule has 3 unspecified atom stereocenters. The first-order valence-corrected chi connectivity index (χ1v) is 29.2. The number of hydrogen-bond donors (Lipinski definition) is 0. The monoisotopic (exact) mass is 642 g/mol. The topological polar surface area (TPSA) is 86.4 Å². The third-order valence-corrected chi connectivity index (χ3v) is 31.6. The Kier molecular flexibility index (Phi) is 26.3. The molecule has 1 aliphatic heterocycles. The Hall–Kier alpha value is 1.59. The van der Waals surface area contributed by atoms with Crippen molar-refractivity contribution in [1.29, 1.82) is 0 Å². The molecule has 208 valence electrons. The van der Waals surface area contributed by atoms with E-state index in [9.17, 15) is 0 Å². The third kappa shape index (κ3) is 22.8. The Morgan fingerprint density at radius 2 is 1.50 bits per heavy atom. The summed E-state index contributed by atoms with van der Waals surface area (Å²) < 4.78 is 48.1. The van der Waals surface area contributed by atoms with Crippen LogP contribution in [-0.4, -0.2) is 132 Å². The maximum Gasteiger partial charge on any atom is 0.499 e. The van der Waals surface area contributed by atoms with E-state index in [0.717, 1.165) is 69.8 Å². The van der Waals surface area contributed by atoms with Crippen molar-refractivity contribution in [1.82, 2.24) is 0 Å². The standard InChI is InChI=1S/C7H18O3Si2.C6H20O4Si3.C3H16O2Si4/c1-12(10-11)4-2-3-8-5-7-6-9-7;1-7-13(8-2,9-3)6-5-12(4)10-11;1-7-5-8-9(2,3)4-6/h7,12H,2-6H2,1,11H3;12H,5-6H2,1-4,11H3;7-8H2,1-3,6H3. The summed E-state index contributed by atoms with van der Waals surface area (Å²) in [4.78, 5) is 0. The predicted molar refractivity (Wildman–Crippen MR) is 167 cm³/mol. The largest absolute Gasteiger partial charge is 0.499 e.